The van der Waals surface area contributed by atoms with Crippen molar-refractivity contribution >= 4 is 11.7 Å². The Labute approximate surface area is 117 Å². The van der Waals surface area contributed by atoms with Crippen LogP contribution in [0.4, 0.5) is 18.9 Å². The second-order valence-corrected chi connectivity index (χ2v) is 4.34. The van der Waals surface area contributed by atoms with Crippen molar-refractivity contribution < 1.29 is 23.1 Å². The molecule has 1 heterocycles. The fourth-order valence-electron chi connectivity index (χ4n) is 1.60. The van der Waals surface area contributed by atoms with E-state index in [1.165, 1.54) is 6.08 Å². The monoisotopic (exact) mass is 305 g/mol. The summed E-state index contributed by atoms with van der Waals surface area (Å²) in [5.74, 6) is -0.995. The Bertz CT molecular complexity index is 581. The van der Waals surface area contributed by atoms with Crippen molar-refractivity contribution in [1.82, 2.24) is 10.2 Å². The molecule has 0 radical (unpaired) electrons. The van der Waals surface area contributed by atoms with Crippen LogP contribution in [0, 0.1) is 0 Å². The molecule has 1 aromatic rings. The molecule has 0 saturated carbocycles. The maximum atomic E-state index is 12.8. The third-order valence-corrected chi connectivity index (χ3v) is 2.49. The summed E-state index contributed by atoms with van der Waals surface area (Å²) in [5, 5.41) is 16.1. The van der Waals surface area contributed by atoms with Gasteiger partial charge < -0.3 is 10.4 Å². The first kappa shape index (κ1) is 16.7. The summed E-state index contributed by atoms with van der Waals surface area (Å²) in [6, 6.07) is -0.431. The highest BCUT2D eigenvalue weighted by Gasteiger charge is 2.37. The van der Waals surface area contributed by atoms with E-state index in [-0.39, 0.29) is 6.42 Å². The minimum Gasteiger partial charge on any atom is -0.481 e. The van der Waals surface area contributed by atoms with E-state index >= 15 is 0 Å². The van der Waals surface area contributed by atoms with Crippen molar-refractivity contribution in [2.24, 2.45) is 0 Å². The average Bonchev–Trinajstić information content (AvgIpc) is 2.32. The van der Waals surface area contributed by atoms with E-state index < -0.39 is 35.0 Å². The lowest BCUT2D eigenvalue weighted by atomic mass is 10.1. The molecule has 0 spiro atoms. The molecule has 0 saturated heterocycles. The van der Waals surface area contributed by atoms with Crippen LogP contribution >= 0.6 is 0 Å². The van der Waals surface area contributed by atoms with Gasteiger partial charge in [-0.25, -0.2) is 5.10 Å². The van der Waals surface area contributed by atoms with Gasteiger partial charge in [-0.1, -0.05) is 12.2 Å². The fraction of sp³-hybridized carbons (Fsp3) is 0.417. The van der Waals surface area contributed by atoms with Gasteiger partial charge in [-0.05, 0) is 13.3 Å². The first-order chi connectivity index (χ1) is 9.71. The predicted octanol–water partition coefficient (Wildman–Crippen LogP) is 2.01. The number of aliphatic carboxylic acids is 1. The Morgan fingerprint density at radius 1 is 1.52 bits per heavy atom. The molecule has 0 bridgehead atoms. The first-order valence-electron chi connectivity index (χ1n) is 6.00. The molecule has 0 fully saturated rings. The molecular weight excluding hydrogens is 291 g/mol. The van der Waals surface area contributed by atoms with E-state index in [1.54, 1.807) is 18.1 Å². The lowest BCUT2D eigenvalue weighted by molar-refractivity contribution is -0.138. The number of carboxylic acid groups (broad SMARTS) is 1. The second kappa shape index (κ2) is 6.91. The van der Waals surface area contributed by atoms with E-state index in [0.717, 1.165) is 6.20 Å². The molecular formula is C12H14F3N3O3. The number of carbonyl (C=O) groups is 1. The molecule has 0 aliphatic carbocycles. The van der Waals surface area contributed by atoms with Crippen LogP contribution in [-0.4, -0.2) is 27.3 Å². The summed E-state index contributed by atoms with van der Waals surface area (Å²) in [7, 11) is 0. The van der Waals surface area contributed by atoms with Gasteiger partial charge in [-0.2, -0.15) is 18.3 Å². The van der Waals surface area contributed by atoms with Gasteiger partial charge in [0.25, 0.3) is 5.56 Å². The van der Waals surface area contributed by atoms with Gasteiger partial charge in [0.15, 0.2) is 0 Å². The number of aromatic nitrogens is 2. The highest BCUT2D eigenvalue weighted by molar-refractivity contribution is 5.68. The lowest BCUT2D eigenvalue weighted by Crippen LogP contribution is -2.27. The highest BCUT2D eigenvalue weighted by atomic mass is 19.4. The van der Waals surface area contributed by atoms with Gasteiger partial charge in [0.1, 0.15) is 5.56 Å². The second-order valence-electron chi connectivity index (χ2n) is 4.34. The molecule has 9 heteroatoms. The zero-order valence-corrected chi connectivity index (χ0v) is 11.1. The maximum absolute atomic E-state index is 12.8. The molecule has 1 atom stereocenters. The molecule has 3 N–H and O–H groups in total. The van der Waals surface area contributed by atoms with E-state index in [2.05, 4.69) is 10.4 Å². The highest BCUT2D eigenvalue weighted by Crippen LogP contribution is 2.31. The topological polar surface area (TPSA) is 95.1 Å². The zero-order valence-electron chi connectivity index (χ0n) is 11.1. The van der Waals surface area contributed by atoms with Crippen LogP contribution in [0.15, 0.2) is 23.1 Å². The molecule has 1 aromatic heterocycles. The molecule has 0 aromatic carbocycles. The van der Waals surface area contributed by atoms with Gasteiger partial charge in [0, 0.05) is 6.04 Å². The number of anilines is 1. The number of alkyl halides is 3. The standard InChI is InChI=1S/C12H14F3N3O3/c1-7(4-2-3-5-9(19)20)17-8-6-16-18-11(21)10(8)12(13,14)15/h2-3,6-7H,4-5H2,1H3,(H,19,20)(H2,17,18,21)/b3-2+/t7-/m0/s1. The third kappa shape index (κ3) is 5.28. The summed E-state index contributed by atoms with van der Waals surface area (Å²) in [6.07, 6.45) is -0.815. The van der Waals surface area contributed by atoms with Gasteiger partial charge in [0.05, 0.1) is 18.3 Å². The Balaban J connectivity index is 2.79. The van der Waals surface area contributed by atoms with Crippen molar-refractivity contribution in [3.05, 3.63) is 34.3 Å². The Hall–Kier alpha value is -2.32. The predicted molar refractivity (Wildman–Crippen MR) is 69.0 cm³/mol. The number of nitrogens with one attached hydrogen (secondary N) is 2. The van der Waals surface area contributed by atoms with Crippen molar-refractivity contribution in [2.45, 2.75) is 32.0 Å². The number of aromatic amines is 1. The van der Waals surface area contributed by atoms with Crippen molar-refractivity contribution in [3.63, 3.8) is 0 Å². The normalized spacial score (nSPS) is 13.3. The number of H-pyrrole nitrogens is 1. The lowest BCUT2D eigenvalue weighted by Gasteiger charge is -2.16. The van der Waals surface area contributed by atoms with Crippen LogP contribution in [0.2, 0.25) is 0 Å². The molecule has 0 aliphatic rings. The van der Waals surface area contributed by atoms with E-state index in [4.69, 9.17) is 5.11 Å². The number of rotatable bonds is 6. The Morgan fingerprint density at radius 2 is 2.19 bits per heavy atom. The van der Waals surface area contributed by atoms with Gasteiger partial charge in [-0.3, -0.25) is 9.59 Å². The van der Waals surface area contributed by atoms with E-state index in [1.807, 2.05) is 0 Å². The first-order valence-corrected chi connectivity index (χ1v) is 6.00. The van der Waals surface area contributed by atoms with Gasteiger partial charge >= 0.3 is 12.1 Å². The van der Waals surface area contributed by atoms with Crippen LogP contribution in [0.5, 0.6) is 0 Å². The largest absolute Gasteiger partial charge is 0.481 e. The summed E-state index contributed by atoms with van der Waals surface area (Å²) < 4.78 is 38.4. The summed E-state index contributed by atoms with van der Waals surface area (Å²) in [6.45, 7) is 1.60. The summed E-state index contributed by atoms with van der Waals surface area (Å²) >= 11 is 0. The van der Waals surface area contributed by atoms with E-state index in [0.29, 0.717) is 6.42 Å². The molecule has 0 aliphatic heterocycles. The number of hydrogen-bond donors (Lipinski definition) is 3. The SMILES string of the molecule is C[C@@H](C/C=C/CC(=O)O)Nc1cn[nH]c(=O)c1C(F)(F)F. The van der Waals surface area contributed by atoms with Gasteiger partial charge in [-0.15, -0.1) is 0 Å². The van der Waals surface area contributed by atoms with E-state index in [9.17, 15) is 22.8 Å². The van der Waals surface area contributed by atoms with Crippen LogP contribution in [0.1, 0.15) is 25.3 Å². The molecule has 0 amide bonds. The minimum atomic E-state index is -4.79. The summed E-state index contributed by atoms with van der Waals surface area (Å²) in [4.78, 5) is 21.5. The Kier molecular flexibility index (Phi) is 5.51. The molecule has 21 heavy (non-hydrogen) atoms. The number of halogens is 3. The van der Waals surface area contributed by atoms with Crippen molar-refractivity contribution in [2.75, 3.05) is 5.32 Å². The van der Waals surface area contributed by atoms with Crippen LogP contribution in [-0.2, 0) is 11.0 Å². The number of nitrogens with zero attached hydrogens (tertiary/aromatic N) is 1. The molecule has 0 unspecified atom stereocenters. The number of hydrogen-bond acceptors (Lipinski definition) is 4. The van der Waals surface area contributed by atoms with Gasteiger partial charge in [0.2, 0.25) is 0 Å². The minimum absolute atomic E-state index is 0.160. The zero-order chi connectivity index (χ0) is 16.0. The van der Waals surface area contributed by atoms with Crippen LogP contribution in [0.25, 0.3) is 0 Å². The average molecular weight is 305 g/mol. The molecule has 116 valence electrons. The maximum Gasteiger partial charge on any atom is 0.423 e. The quantitative estimate of drug-likeness (QED) is 0.699. The van der Waals surface area contributed by atoms with Crippen molar-refractivity contribution in [1.29, 1.82) is 0 Å². The number of carboxylic acids is 1. The Morgan fingerprint density at radius 3 is 2.76 bits per heavy atom. The van der Waals surface area contributed by atoms with Crippen molar-refractivity contribution in [3.8, 4) is 0 Å². The fourth-order valence-corrected chi connectivity index (χ4v) is 1.60. The third-order valence-electron chi connectivity index (χ3n) is 2.49. The molecule has 6 nitrogen and oxygen atoms in total. The van der Waals surface area contributed by atoms with Crippen LogP contribution < -0.4 is 10.9 Å². The smallest absolute Gasteiger partial charge is 0.423 e. The van der Waals surface area contributed by atoms with Crippen LogP contribution in [0.3, 0.4) is 0 Å². The molecule has 1 rings (SSSR count). The summed E-state index contributed by atoms with van der Waals surface area (Å²) in [5.41, 5.74) is -3.06.